The van der Waals surface area contributed by atoms with Gasteiger partial charge < -0.3 is 9.47 Å². The van der Waals surface area contributed by atoms with E-state index in [1.807, 2.05) is 29.7 Å². The van der Waals surface area contributed by atoms with Crippen molar-refractivity contribution < 1.29 is 14.4 Å². The minimum atomic E-state index is -0.503. The highest BCUT2D eigenvalue weighted by molar-refractivity contribution is 8.05. The molecule has 1 aliphatic heterocycles. The Bertz CT molecular complexity index is 995. The van der Waals surface area contributed by atoms with E-state index in [4.69, 9.17) is 9.47 Å². The molecule has 1 aromatic carbocycles. The molecule has 4 rings (SSSR count). The smallest absolute Gasteiger partial charge is 0.298 e. The summed E-state index contributed by atoms with van der Waals surface area (Å²) in [5.74, 6) is 1.44. The van der Waals surface area contributed by atoms with Gasteiger partial charge in [-0.15, -0.1) is 0 Å². The van der Waals surface area contributed by atoms with Crippen LogP contribution in [0.5, 0.6) is 5.88 Å². The second-order valence-electron chi connectivity index (χ2n) is 6.12. The van der Waals surface area contributed by atoms with Crippen molar-refractivity contribution >= 4 is 17.4 Å². The summed E-state index contributed by atoms with van der Waals surface area (Å²) in [6.07, 6.45) is 8.28. The predicted molar refractivity (Wildman–Crippen MR) is 107 cm³/mol. The van der Waals surface area contributed by atoms with Crippen molar-refractivity contribution in [2.45, 2.75) is 12.3 Å². The fraction of sp³-hybridized carbons (Fsp3) is 0.0952. The molecule has 2 aliphatic rings. The Kier molecular flexibility index (Phi) is 5.25. The second kappa shape index (κ2) is 8.14. The van der Waals surface area contributed by atoms with Gasteiger partial charge in [0.05, 0.1) is 10.3 Å². The van der Waals surface area contributed by atoms with Gasteiger partial charge in [0.25, 0.3) is 11.6 Å². The van der Waals surface area contributed by atoms with Crippen molar-refractivity contribution in [2.75, 3.05) is 0 Å². The first kappa shape index (κ1) is 18.1. The highest BCUT2D eigenvalue weighted by Gasteiger charge is 2.24. The van der Waals surface area contributed by atoms with Crippen LogP contribution < -0.4 is 4.74 Å². The largest absolute Gasteiger partial charge is 0.425 e. The molecular formula is C21H16N2O4S. The standard InChI is InChI=1S/C21H16N2O4S/c24-23(25)16-10-11-20(22-12-16)27-21-14-28-13-19(26-21)18-9-5-4-8-17(18)15-6-2-1-3-7-15/h1-7,9-14,17H,8H2. The zero-order valence-electron chi connectivity index (χ0n) is 14.7. The Morgan fingerprint density at radius 1 is 1.18 bits per heavy atom. The van der Waals surface area contributed by atoms with Crippen molar-refractivity contribution in [3.05, 3.63) is 111 Å². The molecule has 6 nitrogen and oxygen atoms in total. The molecule has 7 heteroatoms. The molecule has 2 aromatic rings. The number of allylic oxidation sites excluding steroid dienone is 4. The summed E-state index contributed by atoms with van der Waals surface area (Å²) in [6.45, 7) is 0. The zero-order valence-corrected chi connectivity index (χ0v) is 15.5. The number of thioether (sulfide) groups is 1. The van der Waals surface area contributed by atoms with Crippen LogP contribution in [0.25, 0.3) is 0 Å². The number of rotatable bonds is 5. The molecule has 1 aliphatic carbocycles. The summed E-state index contributed by atoms with van der Waals surface area (Å²) in [6, 6.07) is 13.1. The SMILES string of the molecule is O=[N+]([O-])c1ccc(OC2=CSC=C(C3=CC=CCC3c3ccccc3)O2)nc1. The minimum Gasteiger partial charge on any atom is -0.425 e. The first-order valence-electron chi connectivity index (χ1n) is 8.65. The molecule has 0 radical (unpaired) electrons. The highest BCUT2D eigenvalue weighted by Crippen LogP contribution is 2.39. The molecule has 0 amide bonds. The van der Waals surface area contributed by atoms with E-state index >= 15 is 0 Å². The van der Waals surface area contributed by atoms with E-state index < -0.39 is 4.92 Å². The van der Waals surface area contributed by atoms with Gasteiger partial charge in [0.1, 0.15) is 12.0 Å². The molecule has 0 spiro atoms. The number of pyridine rings is 1. The van der Waals surface area contributed by atoms with Gasteiger partial charge in [0, 0.05) is 29.0 Å². The van der Waals surface area contributed by atoms with Crippen LogP contribution in [-0.2, 0) is 4.74 Å². The molecule has 1 aromatic heterocycles. The summed E-state index contributed by atoms with van der Waals surface area (Å²) < 4.78 is 11.6. The summed E-state index contributed by atoms with van der Waals surface area (Å²) >= 11 is 1.45. The van der Waals surface area contributed by atoms with Gasteiger partial charge in [-0.2, -0.15) is 0 Å². The zero-order chi connectivity index (χ0) is 19.3. The van der Waals surface area contributed by atoms with Crippen molar-refractivity contribution in [1.82, 2.24) is 4.98 Å². The molecule has 0 bridgehead atoms. The number of nitro groups is 1. The maximum absolute atomic E-state index is 10.7. The second-order valence-corrected chi connectivity index (χ2v) is 6.86. The first-order chi connectivity index (χ1) is 13.7. The lowest BCUT2D eigenvalue weighted by Gasteiger charge is -2.25. The molecular weight excluding hydrogens is 376 g/mol. The Balaban J connectivity index is 1.49. The fourth-order valence-electron chi connectivity index (χ4n) is 3.01. The molecule has 28 heavy (non-hydrogen) atoms. The highest BCUT2D eigenvalue weighted by atomic mass is 32.2. The lowest BCUT2D eigenvalue weighted by Crippen LogP contribution is -2.12. The van der Waals surface area contributed by atoms with Crippen LogP contribution in [0.1, 0.15) is 17.9 Å². The van der Waals surface area contributed by atoms with Crippen LogP contribution in [0.3, 0.4) is 0 Å². The van der Waals surface area contributed by atoms with Crippen LogP contribution in [0, 0.1) is 10.1 Å². The van der Waals surface area contributed by atoms with Crippen LogP contribution in [0.15, 0.2) is 95.0 Å². The third-order valence-corrected chi connectivity index (χ3v) is 5.01. The molecule has 1 unspecified atom stereocenters. The van der Waals surface area contributed by atoms with Gasteiger partial charge in [0.15, 0.2) is 0 Å². The van der Waals surface area contributed by atoms with Gasteiger partial charge in [-0.25, -0.2) is 4.98 Å². The molecule has 1 atom stereocenters. The van der Waals surface area contributed by atoms with Crippen molar-refractivity contribution in [3.8, 4) is 5.88 Å². The molecule has 140 valence electrons. The number of nitrogens with zero attached hydrogens (tertiary/aromatic N) is 2. The third kappa shape index (κ3) is 3.99. The Labute approximate surface area is 166 Å². The van der Waals surface area contributed by atoms with Gasteiger partial charge in [-0.05, 0) is 12.0 Å². The molecule has 0 N–H and O–H groups in total. The fourth-order valence-corrected chi connectivity index (χ4v) is 3.59. The number of hydrogen-bond donors (Lipinski definition) is 0. The number of ether oxygens (including phenoxy) is 2. The van der Waals surface area contributed by atoms with Crippen molar-refractivity contribution in [3.63, 3.8) is 0 Å². The van der Waals surface area contributed by atoms with E-state index in [1.165, 1.54) is 29.5 Å². The predicted octanol–water partition coefficient (Wildman–Crippen LogP) is 5.44. The Hall–Kier alpha value is -3.32. The lowest BCUT2D eigenvalue weighted by atomic mass is 9.84. The molecule has 0 saturated heterocycles. The Morgan fingerprint density at radius 3 is 2.79 bits per heavy atom. The summed E-state index contributed by atoms with van der Waals surface area (Å²) in [7, 11) is 0. The minimum absolute atomic E-state index is 0.0919. The number of hydrogen-bond acceptors (Lipinski definition) is 6. The number of benzene rings is 1. The normalized spacial score (nSPS) is 18.4. The van der Waals surface area contributed by atoms with E-state index in [9.17, 15) is 10.1 Å². The quantitative estimate of drug-likeness (QED) is 0.498. The van der Waals surface area contributed by atoms with E-state index in [2.05, 4.69) is 29.3 Å². The average Bonchev–Trinajstić information content (AvgIpc) is 2.75. The number of aromatic nitrogens is 1. The van der Waals surface area contributed by atoms with Gasteiger partial charge in [-0.1, -0.05) is 60.3 Å². The summed E-state index contributed by atoms with van der Waals surface area (Å²) in [4.78, 5) is 14.2. The summed E-state index contributed by atoms with van der Waals surface area (Å²) in [5.41, 5.74) is 2.21. The van der Waals surface area contributed by atoms with Gasteiger partial charge >= 0.3 is 0 Å². The summed E-state index contributed by atoms with van der Waals surface area (Å²) in [5, 5.41) is 14.4. The van der Waals surface area contributed by atoms with Gasteiger partial charge in [-0.3, -0.25) is 10.1 Å². The third-order valence-electron chi connectivity index (χ3n) is 4.33. The van der Waals surface area contributed by atoms with Crippen LogP contribution in [0.2, 0.25) is 0 Å². The van der Waals surface area contributed by atoms with Crippen molar-refractivity contribution in [2.24, 2.45) is 0 Å². The average molecular weight is 392 g/mol. The van der Waals surface area contributed by atoms with E-state index in [0.717, 1.165) is 23.9 Å². The molecule has 0 fully saturated rings. The first-order valence-corrected chi connectivity index (χ1v) is 9.59. The van der Waals surface area contributed by atoms with Crippen LogP contribution >= 0.6 is 11.8 Å². The van der Waals surface area contributed by atoms with E-state index in [0.29, 0.717) is 0 Å². The molecule has 0 saturated carbocycles. The molecule has 2 heterocycles. The lowest BCUT2D eigenvalue weighted by molar-refractivity contribution is -0.385. The van der Waals surface area contributed by atoms with Crippen LogP contribution in [-0.4, -0.2) is 9.91 Å². The van der Waals surface area contributed by atoms with Crippen molar-refractivity contribution in [1.29, 1.82) is 0 Å². The topological polar surface area (TPSA) is 74.5 Å². The maximum Gasteiger partial charge on any atom is 0.298 e. The monoisotopic (exact) mass is 392 g/mol. The van der Waals surface area contributed by atoms with E-state index in [-0.39, 0.29) is 23.4 Å². The van der Waals surface area contributed by atoms with E-state index in [1.54, 1.807) is 5.41 Å². The Morgan fingerprint density at radius 2 is 2.04 bits per heavy atom. The van der Waals surface area contributed by atoms with Gasteiger partial charge in [0.2, 0.25) is 5.88 Å². The maximum atomic E-state index is 10.7. The van der Waals surface area contributed by atoms with Crippen LogP contribution in [0.4, 0.5) is 5.69 Å².